The van der Waals surface area contributed by atoms with Gasteiger partial charge in [-0.1, -0.05) is 30.3 Å². The Morgan fingerprint density at radius 1 is 1.13 bits per heavy atom. The summed E-state index contributed by atoms with van der Waals surface area (Å²) in [6.07, 6.45) is -1.47. The first-order chi connectivity index (χ1) is 14.3. The largest absolute Gasteiger partial charge is 0.497 e. The third kappa shape index (κ3) is 3.50. The lowest BCUT2D eigenvalue weighted by atomic mass is 10.0. The quantitative estimate of drug-likeness (QED) is 0.625. The highest BCUT2D eigenvalue weighted by molar-refractivity contribution is 7.89. The fourth-order valence-corrected chi connectivity index (χ4v) is 6.26. The molecule has 0 fully saturated rings. The lowest BCUT2D eigenvalue weighted by Gasteiger charge is -2.35. The number of fused-ring (bicyclic) bond motifs is 1. The summed E-state index contributed by atoms with van der Waals surface area (Å²) in [6, 6.07) is 15.4. The second-order valence-corrected chi connectivity index (χ2v) is 9.79. The summed E-state index contributed by atoms with van der Waals surface area (Å²) in [7, 11) is -2.70. The minimum absolute atomic E-state index is 0.0660. The van der Waals surface area contributed by atoms with E-state index in [2.05, 4.69) is 0 Å². The molecule has 2 aromatic carbocycles. The fourth-order valence-electron chi connectivity index (χ4n) is 3.50. The molecule has 0 aliphatic carbocycles. The van der Waals surface area contributed by atoms with Crippen LogP contribution in [0.3, 0.4) is 0 Å². The molecule has 2 heterocycles. The molecule has 9 heteroatoms. The maximum Gasteiger partial charge on any atom is 0.325 e. The Morgan fingerprint density at radius 2 is 1.80 bits per heavy atom. The van der Waals surface area contributed by atoms with Gasteiger partial charge >= 0.3 is 5.97 Å². The molecule has 0 saturated heterocycles. The van der Waals surface area contributed by atoms with Gasteiger partial charge in [0.2, 0.25) is 10.0 Å². The van der Waals surface area contributed by atoms with Crippen molar-refractivity contribution in [1.29, 1.82) is 0 Å². The van der Waals surface area contributed by atoms with Gasteiger partial charge in [-0.3, -0.25) is 4.79 Å². The van der Waals surface area contributed by atoms with Crippen LogP contribution in [0.2, 0.25) is 0 Å². The van der Waals surface area contributed by atoms with Crippen molar-refractivity contribution in [1.82, 2.24) is 4.31 Å². The Labute approximate surface area is 177 Å². The van der Waals surface area contributed by atoms with Gasteiger partial charge in [-0.15, -0.1) is 11.3 Å². The normalized spacial score (nSPS) is 19.3. The average molecular weight is 446 g/mol. The van der Waals surface area contributed by atoms with Crippen LogP contribution in [0.5, 0.6) is 5.75 Å². The highest BCUT2D eigenvalue weighted by Crippen LogP contribution is 2.43. The van der Waals surface area contributed by atoms with Gasteiger partial charge in [0.1, 0.15) is 11.9 Å². The number of rotatable bonds is 5. The van der Waals surface area contributed by atoms with Gasteiger partial charge in [-0.2, -0.15) is 4.31 Å². The van der Waals surface area contributed by atoms with E-state index in [-0.39, 0.29) is 11.4 Å². The van der Waals surface area contributed by atoms with Gasteiger partial charge in [0, 0.05) is 16.3 Å². The van der Waals surface area contributed by atoms with Crippen molar-refractivity contribution < 1.29 is 28.2 Å². The van der Waals surface area contributed by atoms with Crippen molar-refractivity contribution in [2.75, 3.05) is 7.11 Å². The number of aliphatic hydroxyl groups is 1. The Hall–Kier alpha value is -2.72. The van der Waals surface area contributed by atoms with Crippen LogP contribution in [-0.4, -0.2) is 42.1 Å². The molecule has 2 atom stereocenters. The highest BCUT2D eigenvalue weighted by atomic mass is 32.2. The predicted molar refractivity (Wildman–Crippen MR) is 112 cm³/mol. The summed E-state index contributed by atoms with van der Waals surface area (Å²) in [5.74, 6) is -0.921. The lowest BCUT2D eigenvalue weighted by Crippen LogP contribution is -2.50. The van der Waals surface area contributed by atoms with Gasteiger partial charge in [0.05, 0.1) is 12.0 Å². The number of ether oxygens (including phenoxy) is 1. The minimum Gasteiger partial charge on any atom is -0.497 e. The van der Waals surface area contributed by atoms with Gasteiger partial charge in [0.25, 0.3) is 0 Å². The van der Waals surface area contributed by atoms with Crippen LogP contribution in [0.15, 0.2) is 65.6 Å². The predicted octanol–water partition coefficient (Wildman–Crippen LogP) is 3.11. The summed E-state index contributed by atoms with van der Waals surface area (Å²) in [4.78, 5) is 13.2. The van der Waals surface area contributed by atoms with Crippen LogP contribution in [0.25, 0.3) is 10.4 Å². The van der Waals surface area contributed by atoms with Gasteiger partial charge in [0.15, 0.2) is 6.04 Å². The number of hydrogen-bond acceptors (Lipinski definition) is 6. The number of methoxy groups -OCH3 is 1. The van der Waals surface area contributed by atoms with Crippen molar-refractivity contribution in [2.45, 2.75) is 23.6 Å². The zero-order valence-corrected chi connectivity index (χ0v) is 17.6. The number of carbonyl (C=O) groups is 1. The number of carboxylic acid groups (broad SMARTS) is 1. The topological polar surface area (TPSA) is 104 Å². The number of thiophene rings is 1. The van der Waals surface area contributed by atoms with Crippen LogP contribution < -0.4 is 4.74 Å². The number of hydrogen-bond donors (Lipinski definition) is 2. The van der Waals surface area contributed by atoms with Gasteiger partial charge in [-0.05, 0) is 41.5 Å². The number of aliphatic carboxylic acids is 1. The lowest BCUT2D eigenvalue weighted by molar-refractivity contribution is -0.146. The standard InChI is InChI=1S/C21H19NO6S2/c1-28-15-7-9-16(10-8-15)30(26,27)22-12-14-11-17(13-5-3-2-4-6-13)29-20(14)19(23)18(22)21(24)25/h2-11,18-19,23H,12H2,1H3,(H,24,25)/t18-,19-/m1/s1. The first-order valence-corrected chi connectivity index (χ1v) is 11.3. The van der Waals surface area contributed by atoms with Gasteiger partial charge in [-0.25, -0.2) is 8.42 Å². The molecule has 7 nitrogen and oxygen atoms in total. The van der Waals surface area contributed by atoms with E-state index in [0.29, 0.717) is 16.2 Å². The number of nitrogens with zero attached hydrogens (tertiary/aromatic N) is 1. The first-order valence-electron chi connectivity index (χ1n) is 9.07. The highest BCUT2D eigenvalue weighted by Gasteiger charge is 2.46. The number of aliphatic hydroxyl groups excluding tert-OH is 1. The molecule has 4 rings (SSSR count). The van der Waals surface area contributed by atoms with E-state index in [4.69, 9.17) is 4.74 Å². The Morgan fingerprint density at radius 3 is 2.40 bits per heavy atom. The Bertz CT molecular complexity index is 1170. The van der Waals surface area contributed by atoms with Crippen molar-refractivity contribution in [3.05, 3.63) is 71.1 Å². The van der Waals surface area contributed by atoms with E-state index in [9.17, 15) is 23.4 Å². The SMILES string of the molecule is COc1ccc(S(=O)(=O)N2Cc3cc(-c4ccccc4)sc3[C@H](O)[C@@H]2C(=O)O)cc1. The van der Waals surface area contributed by atoms with E-state index in [1.54, 1.807) is 0 Å². The van der Waals surface area contributed by atoms with Crippen LogP contribution in [0.1, 0.15) is 16.5 Å². The molecule has 3 aromatic rings. The summed E-state index contributed by atoms with van der Waals surface area (Å²) in [5, 5.41) is 20.6. The van der Waals surface area contributed by atoms with E-state index in [1.807, 2.05) is 36.4 Å². The summed E-state index contributed by atoms with van der Waals surface area (Å²) in [5.41, 5.74) is 1.52. The molecule has 0 unspecified atom stereocenters. The van der Waals surface area contributed by atoms with Crippen LogP contribution >= 0.6 is 11.3 Å². The molecule has 1 aromatic heterocycles. The Kier molecular flexibility index (Phi) is 5.37. The van der Waals surface area contributed by atoms with Crippen LogP contribution in [0, 0.1) is 0 Å². The first kappa shape index (κ1) is 20.5. The molecular weight excluding hydrogens is 426 g/mol. The number of sulfonamides is 1. The van der Waals surface area contributed by atoms with E-state index in [0.717, 1.165) is 14.7 Å². The van der Waals surface area contributed by atoms with Crippen LogP contribution in [0.4, 0.5) is 0 Å². The number of benzene rings is 2. The maximum atomic E-state index is 13.2. The molecule has 0 radical (unpaired) electrons. The van der Waals surface area contributed by atoms with E-state index < -0.39 is 28.1 Å². The minimum atomic E-state index is -4.17. The molecule has 0 spiro atoms. The third-order valence-electron chi connectivity index (χ3n) is 5.02. The molecule has 1 aliphatic rings. The smallest absolute Gasteiger partial charge is 0.325 e. The maximum absolute atomic E-state index is 13.2. The molecule has 2 N–H and O–H groups in total. The van der Waals surface area contributed by atoms with E-state index in [1.165, 1.54) is 42.7 Å². The average Bonchev–Trinajstić information content (AvgIpc) is 3.19. The van der Waals surface area contributed by atoms with Crippen molar-refractivity contribution in [2.24, 2.45) is 0 Å². The monoisotopic (exact) mass is 445 g/mol. The molecule has 0 amide bonds. The third-order valence-corrected chi connectivity index (χ3v) is 8.16. The van der Waals surface area contributed by atoms with Gasteiger partial charge < -0.3 is 14.9 Å². The second kappa shape index (κ2) is 7.84. The molecule has 30 heavy (non-hydrogen) atoms. The zero-order chi connectivity index (χ0) is 21.5. The van der Waals surface area contributed by atoms with Crippen LogP contribution in [-0.2, 0) is 21.4 Å². The van der Waals surface area contributed by atoms with Crippen molar-refractivity contribution in [3.63, 3.8) is 0 Å². The second-order valence-electron chi connectivity index (χ2n) is 6.82. The molecule has 0 saturated carbocycles. The molecule has 0 bridgehead atoms. The molecular formula is C21H19NO6S2. The Balaban J connectivity index is 1.77. The summed E-state index contributed by atoms with van der Waals surface area (Å²) < 4.78 is 32.4. The van der Waals surface area contributed by atoms with E-state index >= 15 is 0 Å². The number of carboxylic acids is 1. The van der Waals surface area contributed by atoms with Crippen molar-refractivity contribution in [3.8, 4) is 16.2 Å². The fraction of sp³-hybridized carbons (Fsp3) is 0.190. The summed E-state index contributed by atoms with van der Waals surface area (Å²) in [6.45, 7) is -0.138. The molecule has 156 valence electrons. The molecule has 1 aliphatic heterocycles. The van der Waals surface area contributed by atoms with Crippen molar-refractivity contribution >= 4 is 27.3 Å². The zero-order valence-electron chi connectivity index (χ0n) is 15.9. The summed E-state index contributed by atoms with van der Waals surface area (Å²) >= 11 is 1.28.